The molecular weight excluding hydrogens is 396 g/mol. The third-order valence-electron chi connectivity index (χ3n) is 5.65. The summed E-state index contributed by atoms with van der Waals surface area (Å²) in [6.45, 7) is 5.10. The number of benzene rings is 2. The van der Waals surface area contributed by atoms with Crippen LogP contribution >= 0.6 is 0 Å². The first kappa shape index (κ1) is 22.9. The van der Waals surface area contributed by atoms with Gasteiger partial charge >= 0.3 is 0 Å². The lowest BCUT2D eigenvalue weighted by molar-refractivity contribution is 0.135. The van der Waals surface area contributed by atoms with Crippen LogP contribution in [-0.4, -0.2) is 45.3 Å². The zero-order valence-corrected chi connectivity index (χ0v) is 18.7. The standard InChI is InChI=1S/C24H34N2O3S/c1-21-11-13-23(14-12-21)24(26-15-7-2-3-8-16-26)19-25-30(27,28)18-17-29-20-22-9-5-4-6-10-22/h4-6,9-14,24-25H,2-3,7-8,15-20H2,1H3. The number of hydrogen-bond acceptors (Lipinski definition) is 4. The minimum atomic E-state index is -3.40. The summed E-state index contributed by atoms with van der Waals surface area (Å²) < 4.78 is 33.5. The second-order valence-electron chi connectivity index (χ2n) is 8.08. The molecule has 1 saturated heterocycles. The Bertz CT molecular complexity index is 846. The first-order valence-corrected chi connectivity index (χ1v) is 12.6. The van der Waals surface area contributed by atoms with E-state index in [1.54, 1.807) is 0 Å². The van der Waals surface area contributed by atoms with Crippen molar-refractivity contribution in [2.75, 3.05) is 32.0 Å². The van der Waals surface area contributed by atoms with E-state index in [-0.39, 0.29) is 18.4 Å². The van der Waals surface area contributed by atoms with Gasteiger partial charge in [-0.1, -0.05) is 73.0 Å². The molecule has 1 atom stereocenters. The van der Waals surface area contributed by atoms with Crippen molar-refractivity contribution in [3.05, 3.63) is 71.3 Å². The van der Waals surface area contributed by atoms with Gasteiger partial charge in [0.15, 0.2) is 0 Å². The lowest BCUT2D eigenvalue weighted by atomic mass is 10.0. The Hall–Kier alpha value is -1.73. The molecule has 2 aromatic rings. The van der Waals surface area contributed by atoms with Gasteiger partial charge in [0.25, 0.3) is 0 Å². The third-order valence-corrected chi connectivity index (χ3v) is 6.96. The van der Waals surface area contributed by atoms with Crippen molar-refractivity contribution in [3.8, 4) is 0 Å². The number of likely N-dealkylation sites (tertiary alicyclic amines) is 1. The number of sulfonamides is 1. The molecule has 0 bridgehead atoms. The maximum atomic E-state index is 12.6. The molecule has 0 saturated carbocycles. The van der Waals surface area contributed by atoms with E-state index in [0.29, 0.717) is 13.2 Å². The smallest absolute Gasteiger partial charge is 0.213 e. The molecule has 1 heterocycles. The molecule has 2 aromatic carbocycles. The monoisotopic (exact) mass is 430 g/mol. The van der Waals surface area contributed by atoms with Crippen LogP contribution in [0.15, 0.2) is 54.6 Å². The van der Waals surface area contributed by atoms with Crippen LogP contribution in [0.3, 0.4) is 0 Å². The topological polar surface area (TPSA) is 58.6 Å². The molecule has 6 heteroatoms. The average molecular weight is 431 g/mol. The van der Waals surface area contributed by atoms with Gasteiger partial charge in [0, 0.05) is 12.6 Å². The van der Waals surface area contributed by atoms with Crippen molar-refractivity contribution < 1.29 is 13.2 Å². The van der Waals surface area contributed by atoms with Crippen LogP contribution in [0.5, 0.6) is 0 Å². The molecule has 1 aliphatic rings. The molecule has 30 heavy (non-hydrogen) atoms. The summed E-state index contributed by atoms with van der Waals surface area (Å²) in [7, 11) is -3.40. The molecule has 1 aliphatic heterocycles. The van der Waals surface area contributed by atoms with Crippen LogP contribution in [0, 0.1) is 6.92 Å². The summed E-state index contributed by atoms with van der Waals surface area (Å²) in [5, 5.41) is 0. The van der Waals surface area contributed by atoms with Gasteiger partial charge < -0.3 is 4.74 Å². The maximum Gasteiger partial charge on any atom is 0.213 e. The Balaban J connectivity index is 1.55. The quantitative estimate of drug-likeness (QED) is 0.578. The molecule has 0 radical (unpaired) electrons. The highest BCUT2D eigenvalue weighted by Crippen LogP contribution is 2.24. The highest BCUT2D eigenvalue weighted by molar-refractivity contribution is 7.89. The van der Waals surface area contributed by atoms with E-state index in [1.165, 1.54) is 36.8 Å². The summed E-state index contributed by atoms with van der Waals surface area (Å²) in [5.41, 5.74) is 3.43. The number of nitrogens with one attached hydrogen (secondary N) is 1. The Morgan fingerprint density at radius 3 is 2.30 bits per heavy atom. The lowest BCUT2D eigenvalue weighted by Gasteiger charge is -2.31. The zero-order valence-electron chi connectivity index (χ0n) is 17.9. The normalized spacial score (nSPS) is 16.8. The van der Waals surface area contributed by atoms with E-state index in [4.69, 9.17) is 4.74 Å². The van der Waals surface area contributed by atoms with Gasteiger partial charge in [-0.15, -0.1) is 0 Å². The van der Waals surface area contributed by atoms with Gasteiger partial charge in [-0.2, -0.15) is 0 Å². The van der Waals surface area contributed by atoms with Crippen LogP contribution < -0.4 is 4.72 Å². The SMILES string of the molecule is Cc1ccc(C(CNS(=O)(=O)CCOCc2ccccc2)N2CCCCCC2)cc1. The minimum Gasteiger partial charge on any atom is -0.376 e. The van der Waals surface area contributed by atoms with Gasteiger partial charge in [0.1, 0.15) is 0 Å². The fraction of sp³-hybridized carbons (Fsp3) is 0.500. The van der Waals surface area contributed by atoms with Gasteiger partial charge in [-0.3, -0.25) is 4.90 Å². The number of ether oxygens (including phenoxy) is 1. The molecule has 0 spiro atoms. The van der Waals surface area contributed by atoms with E-state index in [0.717, 1.165) is 18.7 Å². The van der Waals surface area contributed by atoms with E-state index >= 15 is 0 Å². The largest absolute Gasteiger partial charge is 0.376 e. The average Bonchev–Trinajstić information content (AvgIpc) is 3.03. The van der Waals surface area contributed by atoms with Gasteiger partial charge in [0.05, 0.1) is 19.0 Å². The molecule has 5 nitrogen and oxygen atoms in total. The molecule has 0 aromatic heterocycles. The predicted octanol–water partition coefficient (Wildman–Crippen LogP) is 4.05. The zero-order chi connectivity index (χ0) is 21.2. The Kier molecular flexibility index (Phi) is 8.88. The summed E-state index contributed by atoms with van der Waals surface area (Å²) >= 11 is 0. The molecule has 1 unspecified atom stereocenters. The molecule has 0 aliphatic carbocycles. The highest BCUT2D eigenvalue weighted by atomic mass is 32.2. The predicted molar refractivity (Wildman–Crippen MR) is 122 cm³/mol. The number of aryl methyl sites for hydroxylation is 1. The lowest BCUT2D eigenvalue weighted by Crippen LogP contribution is -2.39. The number of rotatable bonds is 10. The molecule has 164 valence electrons. The van der Waals surface area contributed by atoms with E-state index < -0.39 is 10.0 Å². The van der Waals surface area contributed by atoms with Crippen molar-refractivity contribution in [3.63, 3.8) is 0 Å². The molecule has 1 N–H and O–H groups in total. The molecule has 3 rings (SSSR count). The van der Waals surface area contributed by atoms with Gasteiger partial charge in [-0.25, -0.2) is 13.1 Å². The molecule has 0 amide bonds. The first-order valence-electron chi connectivity index (χ1n) is 10.9. The summed E-state index contributed by atoms with van der Waals surface area (Å²) in [6.07, 6.45) is 4.84. The van der Waals surface area contributed by atoms with E-state index in [9.17, 15) is 8.42 Å². The Morgan fingerprint density at radius 2 is 1.63 bits per heavy atom. The Morgan fingerprint density at radius 1 is 0.967 bits per heavy atom. The van der Waals surface area contributed by atoms with Crippen LogP contribution in [-0.2, 0) is 21.4 Å². The minimum absolute atomic E-state index is 0.0273. The third kappa shape index (κ3) is 7.51. The van der Waals surface area contributed by atoms with Crippen LogP contribution in [0.4, 0.5) is 0 Å². The second-order valence-corrected chi connectivity index (χ2v) is 10.0. The van der Waals surface area contributed by atoms with E-state index in [1.807, 2.05) is 30.3 Å². The maximum absolute atomic E-state index is 12.6. The van der Waals surface area contributed by atoms with Crippen LogP contribution in [0.2, 0.25) is 0 Å². The fourth-order valence-electron chi connectivity index (χ4n) is 3.86. The van der Waals surface area contributed by atoms with Crippen molar-refractivity contribution in [2.24, 2.45) is 0 Å². The van der Waals surface area contributed by atoms with Crippen LogP contribution in [0.25, 0.3) is 0 Å². The van der Waals surface area contributed by atoms with E-state index in [2.05, 4.69) is 40.8 Å². The van der Waals surface area contributed by atoms with Crippen molar-refractivity contribution in [2.45, 2.75) is 45.3 Å². The summed E-state index contributed by atoms with van der Waals surface area (Å²) in [6, 6.07) is 18.3. The molecule has 1 fully saturated rings. The summed E-state index contributed by atoms with van der Waals surface area (Å²) in [4.78, 5) is 2.44. The van der Waals surface area contributed by atoms with Gasteiger partial charge in [-0.05, 0) is 44.0 Å². The van der Waals surface area contributed by atoms with Crippen molar-refractivity contribution >= 4 is 10.0 Å². The molecular formula is C24H34N2O3S. The van der Waals surface area contributed by atoms with Crippen molar-refractivity contribution in [1.82, 2.24) is 9.62 Å². The number of hydrogen-bond donors (Lipinski definition) is 1. The van der Waals surface area contributed by atoms with Crippen molar-refractivity contribution in [1.29, 1.82) is 0 Å². The second kappa shape index (κ2) is 11.6. The first-order chi connectivity index (χ1) is 14.5. The highest BCUT2D eigenvalue weighted by Gasteiger charge is 2.23. The fourth-order valence-corrected chi connectivity index (χ4v) is 4.76. The number of nitrogens with zero attached hydrogens (tertiary/aromatic N) is 1. The Labute approximate surface area is 181 Å². The van der Waals surface area contributed by atoms with Crippen LogP contribution in [0.1, 0.15) is 48.4 Å². The summed E-state index contributed by atoms with van der Waals surface area (Å²) in [5.74, 6) is -0.0273. The van der Waals surface area contributed by atoms with Gasteiger partial charge in [0.2, 0.25) is 10.0 Å².